The number of aryl methyl sites for hydroxylation is 1. The molecule has 0 aliphatic heterocycles. The minimum absolute atomic E-state index is 0.563. The molecule has 3 rings (SSSR count). The van der Waals surface area contributed by atoms with Crippen molar-refractivity contribution >= 4 is 22.5 Å². The summed E-state index contributed by atoms with van der Waals surface area (Å²) in [6.45, 7) is 0.563. The molecule has 4 heteroatoms. The van der Waals surface area contributed by atoms with Gasteiger partial charge in [-0.25, -0.2) is 4.98 Å². The van der Waals surface area contributed by atoms with Crippen molar-refractivity contribution in [1.82, 2.24) is 9.55 Å². The number of nitrogens with two attached hydrogens (primary N) is 1. The predicted molar refractivity (Wildman–Crippen MR) is 79.2 cm³/mol. The number of hydrogen-bond acceptors (Lipinski definition) is 3. The summed E-state index contributed by atoms with van der Waals surface area (Å²) < 4.78 is 2.02. The van der Waals surface area contributed by atoms with Gasteiger partial charge >= 0.3 is 0 Å². The second kappa shape index (κ2) is 5.07. The van der Waals surface area contributed by atoms with Crippen LogP contribution >= 0.6 is 11.8 Å². The van der Waals surface area contributed by atoms with Crippen LogP contribution in [-0.4, -0.2) is 9.55 Å². The summed E-state index contributed by atoms with van der Waals surface area (Å²) in [5.41, 5.74) is 6.98. The first kappa shape index (κ1) is 12.3. The third-order valence-electron chi connectivity index (χ3n) is 3.17. The lowest BCUT2D eigenvalue weighted by atomic mass is 10.0. The molecule has 2 N–H and O–H groups in total. The molecule has 3 nitrogen and oxygen atoms in total. The van der Waals surface area contributed by atoms with Crippen molar-refractivity contribution in [2.45, 2.75) is 16.6 Å². The first-order valence-electron chi connectivity index (χ1n) is 6.15. The lowest BCUT2D eigenvalue weighted by molar-refractivity contribution is 0.790. The van der Waals surface area contributed by atoms with E-state index < -0.39 is 0 Å². The quantitative estimate of drug-likeness (QED) is 0.794. The highest BCUT2D eigenvalue weighted by Crippen LogP contribution is 2.33. The normalized spacial score (nSPS) is 11.1. The summed E-state index contributed by atoms with van der Waals surface area (Å²) in [5.74, 6) is 0. The number of rotatable bonds is 3. The summed E-state index contributed by atoms with van der Waals surface area (Å²) >= 11 is 1.68. The van der Waals surface area contributed by atoms with Gasteiger partial charge in [0.2, 0.25) is 0 Å². The third kappa shape index (κ3) is 2.25. The lowest BCUT2D eigenvalue weighted by Crippen LogP contribution is -1.97. The zero-order valence-electron chi connectivity index (χ0n) is 10.7. The topological polar surface area (TPSA) is 43.8 Å². The summed E-state index contributed by atoms with van der Waals surface area (Å²) in [4.78, 5) is 5.57. The summed E-state index contributed by atoms with van der Waals surface area (Å²) in [6.07, 6.45) is 3.78. The molecular weight excluding hydrogens is 254 g/mol. The van der Waals surface area contributed by atoms with E-state index in [1.165, 1.54) is 21.2 Å². The molecule has 0 saturated heterocycles. The van der Waals surface area contributed by atoms with Gasteiger partial charge in [0.1, 0.15) is 0 Å². The van der Waals surface area contributed by atoms with E-state index in [9.17, 15) is 0 Å². The van der Waals surface area contributed by atoms with Crippen LogP contribution in [0.15, 0.2) is 58.8 Å². The van der Waals surface area contributed by atoms with Gasteiger partial charge in [0.15, 0.2) is 5.16 Å². The van der Waals surface area contributed by atoms with E-state index in [1.807, 2.05) is 24.0 Å². The monoisotopic (exact) mass is 269 g/mol. The zero-order chi connectivity index (χ0) is 13.2. The average Bonchev–Trinajstić information content (AvgIpc) is 2.85. The second-order valence-corrected chi connectivity index (χ2v) is 5.40. The molecule has 0 amide bonds. The van der Waals surface area contributed by atoms with Gasteiger partial charge in [0.25, 0.3) is 0 Å². The number of aromatic nitrogens is 2. The zero-order valence-corrected chi connectivity index (χ0v) is 11.5. The first-order valence-corrected chi connectivity index (χ1v) is 6.97. The Kier molecular flexibility index (Phi) is 3.27. The highest BCUT2D eigenvalue weighted by Gasteiger charge is 2.08. The number of benzene rings is 2. The van der Waals surface area contributed by atoms with Crippen LogP contribution in [0.4, 0.5) is 0 Å². The van der Waals surface area contributed by atoms with Crippen LogP contribution < -0.4 is 5.73 Å². The Morgan fingerprint density at radius 3 is 2.63 bits per heavy atom. The summed E-state index contributed by atoms with van der Waals surface area (Å²) in [6, 6.07) is 12.6. The van der Waals surface area contributed by atoms with Crippen LogP contribution in [0, 0.1) is 0 Å². The number of fused-ring (bicyclic) bond motifs is 1. The lowest BCUT2D eigenvalue weighted by Gasteiger charge is -2.09. The molecule has 0 atom stereocenters. The van der Waals surface area contributed by atoms with Crippen molar-refractivity contribution in [2.24, 2.45) is 12.8 Å². The Bertz CT molecular complexity index is 718. The molecule has 1 heterocycles. The highest BCUT2D eigenvalue weighted by atomic mass is 32.2. The van der Waals surface area contributed by atoms with Gasteiger partial charge in [-0.2, -0.15) is 0 Å². The molecule has 0 bridgehead atoms. The maximum atomic E-state index is 5.80. The standard InChI is InChI=1S/C15H15N3S/c1-18-9-8-17-15(18)19-14-7-6-11(10-16)12-4-2-3-5-13(12)14/h2-9H,10,16H2,1H3. The van der Waals surface area contributed by atoms with Crippen LogP contribution in [0.1, 0.15) is 5.56 Å². The Balaban J connectivity index is 2.12. The molecule has 0 radical (unpaired) electrons. The third-order valence-corrected chi connectivity index (χ3v) is 4.32. The van der Waals surface area contributed by atoms with Crippen molar-refractivity contribution in [2.75, 3.05) is 0 Å². The summed E-state index contributed by atoms with van der Waals surface area (Å²) in [5, 5.41) is 3.45. The fraction of sp³-hybridized carbons (Fsp3) is 0.133. The van der Waals surface area contributed by atoms with Crippen LogP contribution in [0.3, 0.4) is 0 Å². The van der Waals surface area contributed by atoms with Crippen LogP contribution in [-0.2, 0) is 13.6 Å². The molecule has 0 saturated carbocycles. The van der Waals surface area contributed by atoms with Crippen molar-refractivity contribution in [3.8, 4) is 0 Å². The molecule has 3 aromatic rings. The molecule has 0 spiro atoms. The van der Waals surface area contributed by atoms with Gasteiger partial charge in [0, 0.05) is 30.9 Å². The van der Waals surface area contributed by atoms with Gasteiger partial charge in [0.05, 0.1) is 0 Å². The Hall–Kier alpha value is -1.78. The fourth-order valence-corrected chi connectivity index (χ4v) is 3.09. The van der Waals surface area contributed by atoms with Crippen LogP contribution in [0.2, 0.25) is 0 Å². The van der Waals surface area contributed by atoms with Gasteiger partial charge in [-0.3, -0.25) is 0 Å². The molecule has 96 valence electrons. The second-order valence-electron chi connectivity index (χ2n) is 4.40. The van der Waals surface area contributed by atoms with Gasteiger partial charge in [-0.15, -0.1) is 0 Å². The van der Waals surface area contributed by atoms with E-state index in [0.29, 0.717) is 6.54 Å². The molecule has 0 fully saturated rings. The van der Waals surface area contributed by atoms with E-state index in [2.05, 4.69) is 41.4 Å². The van der Waals surface area contributed by atoms with E-state index in [0.717, 1.165) is 5.16 Å². The van der Waals surface area contributed by atoms with E-state index in [-0.39, 0.29) is 0 Å². The van der Waals surface area contributed by atoms with Gasteiger partial charge in [-0.1, -0.05) is 42.1 Å². The minimum atomic E-state index is 0.563. The number of nitrogens with zero attached hydrogens (tertiary/aromatic N) is 2. The maximum absolute atomic E-state index is 5.80. The smallest absolute Gasteiger partial charge is 0.172 e. The molecule has 0 unspecified atom stereocenters. The number of hydrogen-bond donors (Lipinski definition) is 1. The Morgan fingerprint density at radius 1 is 1.16 bits per heavy atom. The van der Waals surface area contributed by atoms with Crippen LogP contribution in [0.5, 0.6) is 0 Å². The van der Waals surface area contributed by atoms with Crippen molar-refractivity contribution < 1.29 is 0 Å². The van der Waals surface area contributed by atoms with Gasteiger partial charge < -0.3 is 10.3 Å². The van der Waals surface area contributed by atoms with E-state index >= 15 is 0 Å². The minimum Gasteiger partial charge on any atom is -0.329 e. The Morgan fingerprint density at radius 2 is 1.95 bits per heavy atom. The van der Waals surface area contributed by atoms with Crippen LogP contribution in [0.25, 0.3) is 10.8 Å². The Labute approximate surface area is 116 Å². The largest absolute Gasteiger partial charge is 0.329 e. The average molecular weight is 269 g/mol. The SMILES string of the molecule is Cn1ccnc1Sc1ccc(CN)c2ccccc12. The summed E-state index contributed by atoms with van der Waals surface area (Å²) in [7, 11) is 2.01. The first-order chi connectivity index (χ1) is 9.29. The fourth-order valence-electron chi connectivity index (χ4n) is 2.15. The molecule has 0 aliphatic carbocycles. The van der Waals surface area contributed by atoms with E-state index in [4.69, 9.17) is 5.73 Å². The highest BCUT2D eigenvalue weighted by molar-refractivity contribution is 7.99. The maximum Gasteiger partial charge on any atom is 0.172 e. The number of imidazole rings is 1. The van der Waals surface area contributed by atoms with Crippen molar-refractivity contribution in [3.05, 3.63) is 54.4 Å². The molecule has 19 heavy (non-hydrogen) atoms. The van der Waals surface area contributed by atoms with Crippen molar-refractivity contribution in [3.63, 3.8) is 0 Å². The van der Waals surface area contributed by atoms with Crippen molar-refractivity contribution in [1.29, 1.82) is 0 Å². The molecule has 2 aromatic carbocycles. The van der Waals surface area contributed by atoms with Gasteiger partial charge in [-0.05, 0) is 22.4 Å². The molecule has 1 aromatic heterocycles. The molecular formula is C15H15N3S. The predicted octanol–water partition coefficient (Wildman–Crippen LogP) is 3.18. The molecule has 0 aliphatic rings. The van der Waals surface area contributed by atoms with E-state index in [1.54, 1.807) is 11.8 Å².